The van der Waals surface area contributed by atoms with Crippen LogP contribution in [0.1, 0.15) is 30.4 Å². The molecule has 1 aromatic carbocycles. The van der Waals surface area contributed by atoms with Crippen LogP contribution in [0.5, 0.6) is 0 Å². The summed E-state index contributed by atoms with van der Waals surface area (Å²) in [6.45, 7) is 0.484. The van der Waals surface area contributed by atoms with E-state index in [4.69, 9.17) is 5.73 Å². The maximum atomic E-state index is 14.5. The summed E-state index contributed by atoms with van der Waals surface area (Å²) >= 11 is 1.46. The van der Waals surface area contributed by atoms with Crippen LogP contribution in [0, 0.1) is 17.7 Å². The Labute approximate surface area is 201 Å². The molecule has 3 aromatic heterocycles. The third-order valence-corrected chi connectivity index (χ3v) is 6.89. The standard InChI is InChI=1S/C26H24FN5OS/c27-21-15-29-12-8-20(21)24-31-22-18(7-11-26(33)9-4-10-26)16-34-23(22)25(32-24)30-14-19(28)13-17-5-2-1-3-6-17/h1-3,5-6,8,12,15-16,19,33H,4,9-10,13-14,28H2,(H,30,31,32)/t19-/m1/s1. The number of thiophene rings is 1. The Balaban J connectivity index is 1.48. The summed E-state index contributed by atoms with van der Waals surface area (Å²) < 4.78 is 15.3. The lowest BCUT2D eigenvalue weighted by atomic mass is 9.81. The molecular formula is C26H24FN5OS. The maximum Gasteiger partial charge on any atom is 0.165 e. The lowest BCUT2D eigenvalue weighted by Crippen LogP contribution is -2.34. The number of benzene rings is 1. The van der Waals surface area contributed by atoms with Crippen molar-refractivity contribution in [2.75, 3.05) is 11.9 Å². The molecule has 1 fully saturated rings. The molecular weight excluding hydrogens is 449 g/mol. The van der Waals surface area contributed by atoms with Gasteiger partial charge in [0.15, 0.2) is 11.6 Å². The van der Waals surface area contributed by atoms with Crippen molar-refractivity contribution in [1.29, 1.82) is 0 Å². The first-order valence-corrected chi connectivity index (χ1v) is 12.1. The molecule has 0 unspecified atom stereocenters. The Morgan fingerprint density at radius 2 is 2.03 bits per heavy atom. The van der Waals surface area contributed by atoms with Crippen LogP contribution in [0.4, 0.5) is 10.2 Å². The molecule has 1 atom stereocenters. The molecule has 0 radical (unpaired) electrons. The molecule has 6 nitrogen and oxygen atoms in total. The number of nitrogens with two attached hydrogens (primary N) is 1. The van der Waals surface area contributed by atoms with E-state index in [-0.39, 0.29) is 17.4 Å². The molecule has 4 aromatic rings. The number of nitrogens with one attached hydrogen (secondary N) is 1. The van der Waals surface area contributed by atoms with Gasteiger partial charge in [-0.3, -0.25) is 4.98 Å². The largest absolute Gasteiger partial charge is 0.378 e. The van der Waals surface area contributed by atoms with Gasteiger partial charge in [0.1, 0.15) is 16.9 Å². The van der Waals surface area contributed by atoms with Gasteiger partial charge in [0.2, 0.25) is 0 Å². The molecule has 0 bridgehead atoms. The Morgan fingerprint density at radius 3 is 2.76 bits per heavy atom. The van der Waals surface area contributed by atoms with E-state index in [1.54, 1.807) is 6.07 Å². The van der Waals surface area contributed by atoms with Crippen LogP contribution in [0.15, 0.2) is 54.2 Å². The zero-order valence-electron chi connectivity index (χ0n) is 18.5. The average molecular weight is 474 g/mol. The highest BCUT2D eigenvalue weighted by Crippen LogP contribution is 2.34. The smallest absolute Gasteiger partial charge is 0.165 e. The number of hydrogen-bond donors (Lipinski definition) is 3. The predicted octanol–water partition coefficient (Wildman–Crippen LogP) is 4.14. The van der Waals surface area contributed by atoms with Crippen molar-refractivity contribution in [3.63, 3.8) is 0 Å². The molecule has 1 aliphatic carbocycles. The predicted molar refractivity (Wildman–Crippen MR) is 133 cm³/mol. The monoisotopic (exact) mass is 473 g/mol. The second-order valence-electron chi connectivity index (χ2n) is 8.54. The summed E-state index contributed by atoms with van der Waals surface area (Å²) in [7, 11) is 0. The number of aliphatic hydroxyl groups is 1. The van der Waals surface area contributed by atoms with Crippen molar-refractivity contribution in [2.45, 2.75) is 37.3 Å². The van der Waals surface area contributed by atoms with E-state index in [0.29, 0.717) is 42.7 Å². The normalized spacial score (nSPS) is 15.3. The average Bonchev–Trinajstić information content (AvgIpc) is 3.24. The van der Waals surface area contributed by atoms with Gasteiger partial charge in [-0.1, -0.05) is 42.2 Å². The highest BCUT2D eigenvalue weighted by Gasteiger charge is 2.32. The van der Waals surface area contributed by atoms with E-state index in [1.807, 2.05) is 35.7 Å². The maximum absolute atomic E-state index is 14.5. The number of fused-ring (bicyclic) bond motifs is 1. The van der Waals surface area contributed by atoms with Crippen LogP contribution >= 0.6 is 11.3 Å². The summed E-state index contributed by atoms with van der Waals surface area (Å²) in [4.78, 5) is 13.1. The SMILES string of the molecule is N[C@@H](CNc1nc(-c2ccncc2F)nc2c(C#CC3(O)CCC3)csc12)Cc1ccccc1. The van der Waals surface area contributed by atoms with Crippen molar-refractivity contribution in [3.05, 3.63) is 71.1 Å². The van der Waals surface area contributed by atoms with Gasteiger partial charge < -0.3 is 16.2 Å². The van der Waals surface area contributed by atoms with Gasteiger partial charge in [0.05, 0.1) is 22.0 Å². The van der Waals surface area contributed by atoms with Crippen molar-refractivity contribution < 1.29 is 9.50 Å². The molecule has 0 saturated heterocycles. The first-order chi connectivity index (χ1) is 16.5. The van der Waals surface area contributed by atoms with Gasteiger partial charge in [-0.2, -0.15) is 0 Å². The molecule has 5 rings (SSSR count). The molecule has 1 aliphatic rings. The zero-order valence-corrected chi connectivity index (χ0v) is 19.3. The summed E-state index contributed by atoms with van der Waals surface area (Å²) in [6.07, 6.45) is 5.70. The Bertz CT molecular complexity index is 1370. The van der Waals surface area contributed by atoms with Crippen molar-refractivity contribution in [3.8, 4) is 23.2 Å². The van der Waals surface area contributed by atoms with Crippen molar-refractivity contribution in [2.24, 2.45) is 5.73 Å². The van der Waals surface area contributed by atoms with Gasteiger partial charge in [-0.25, -0.2) is 14.4 Å². The van der Waals surface area contributed by atoms with Gasteiger partial charge >= 0.3 is 0 Å². The summed E-state index contributed by atoms with van der Waals surface area (Å²) in [5.41, 5.74) is 8.18. The van der Waals surface area contributed by atoms with Gasteiger partial charge in [-0.05, 0) is 37.3 Å². The Kier molecular flexibility index (Phi) is 6.24. The topological polar surface area (TPSA) is 97.0 Å². The van der Waals surface area contributed by atoms with Crippen LogP contribution in [0.3, 0.4) is 0 Å². The summed E-state index contributed by atoms with van der Waals surface area (Å²) in [5, 5.41) is 15.6. The number of halogens is 1. The first kappa shape index (κ1) is 22.4. The van der Waals surface area contributed by atoms with Gasteiger partial charge in [0.25, 0.3) is 0 Å². The highest BCUT2D eigenvalue weighted by molar-refractivity contribution is 7.18. The molecule has 0 spiro atoms. The number of rotatable bonds is 6. The molecule has 3 heterocycles. The minimum Gasteiger partial charge on any atom is -0.378 e. The zero-order chi connectivity index (χ0) is 23.5. The van der Waals surface area contributed by atoms with E-state index >= 15 is 0 Å². The van der Waals surface area contributed by atoms with Crippen molar-refractivity contribution >= 4 is 27.4 Å². The number of pyridine rings is 1. The lowest BCUT2D eigenvalue weighted by molar-refractivity contribution is 0.0240. The van der Waals surface area contributed by atoms with Crippen LogP contribution in [0.25, 0.3) is 21.6 Å². The molecule has 0 amide bonds. The van der Waals surface area contributed by atoms with Crippen LogP contribution < -0.4 is 11.1 Å². The molecule has 34 heavy (non-hydrogen) atoms. The third kappa shape index (κ3) is 4.77. The second-order valence-corrected chi connectivity index (χ2v) is 9.42. The van der Waals surface area contributed by atoms with E-state index in [9.17, 15) is 9.50 Å². The highest BCUT2D eigenvalue weighted by atomic mass is 32.1. The van der Waals surface area contributed by atoms with Crippen LogP contribution in [-0.4, -0.2) is 38.2 Å². The Morgan fingerprint density at radius 1 is 1.21 bits per heavy atom. The number of anilines is 1. The molecule has 172 valence electrons. The van der Waals surface area contributed by atoms with E-state index < -0.39 is 11.4 Å². The van der Waals surface area contributed by atoms with E-state index in [2.05, 4.69) is 32.1 Å². The molecule has 1 saturated carbocycles. The number of hydrogen-bond acceptors (Lipinski definition) is 7. The minimum atomic E-state index is -0.924. The lowest BCUT2D eigenvalue weighted by Gasteiger charge is -2.30. The van der Waals surface area contributed by atoms with Crippen LogP contribution in [0.2, 0.25) is 0 Å². The quantitative estimate of drug-likeness (QED) is 0.364. The van der Waals surface area contributed by atoms with E-state index in [0.717, 1.165) is 22.9 Å². The fourth-order valence-corrected chi connectivity index (χ4v) is 4.74. The first-order valence-electron chi connectivity index (χ1n) is 11.2. The van der Waals surface area contributed by atoms with Crippen LogP contribution in [-0.2, 0) is 6.42 Å². The number of nitrogens with zero attached hydrogens (tertiary/aromatic N) is 3. The van der Waals surface area contributed by atoms with E-state index in [1.165, 1.54) is 17.5 Å². The Hall–Kier alpha value is -3.38. The van der Waals surface area contributed by atoms with Crippen molar-refractivity contribution in [1.82, 2.24) is 15.0 Å². The molecule has 8 heteroatoms. The fourth-order valence-electron chi connectivity index (χ4n) is 3.84. The second kappa shape index (κ2) is 9.47. The van der Waals surface area contributed by atoms with Gasteiger partial charge in [0, 0.05) is 24.2 Å². The molecule has 4 N–H and O–H groups in total. The van der Waals surface area contributed by atoms with Gasteiger partial charge in [-0.15, -0.1) is 11.3 Å². The third-order valence-electron chi connectivity index (χ3n) is 5.91. The summed E-state index contributed by atoms with van der Waals surface area (Å²) in [5.74, 6) is 6.40. The minimum absolute atomic E-state index is 0.138. The molecule has 0 aliphatic heterocycles. The fraction of sp³-hybridized carbons (Fsp3) is 0.269. The summed E-state index contributed by atoms with van der Waals surface area (Å²) in [6, 6.07) is 11.5. The number of aromatic nitrogens is 3.